The molecular formula is C5H10O6S2. The smallest absolute Gasteiger partial charge is 0.272 e. The third-order valence-corrected chi connectivity index (χ3v) is 3.45. The molecule has 1 heterocycles. The van der Waals surface area contributed by atoms with Crippen LogP contribution in [0.2, 0.25) is 0 Å². The van der Waals surface area contributed by atoms with Crippen molar-refractivity contribution in [1.29, 1.82) is 0 Å². The summed E-state index contributed by atoms with van der Waals surface area (Å²) in [6.45, 7) is 0.0634. The van der Waals surface area contributed by atoms with Gasteiger partial charge in [-0.2, -0.15) is 12.6 Å². The maximum absolute atomic E-state index is 10.9. The Hall–Kier alpha value is -0.0200. The highest BCUT2D eigenvalue weighted by atomic mass is 32.2. The molecule has 8 heteroatoms. The first-order chi connectivity index (χ1) is 6.03. The van der Waals surface area contributed by atoms with Gasteiger partial charge in [-0.05, 0) is 0 Å². The monoisotopic (exact) mass is 230 g/mol. The van der Waals surface area contributed by atoms with Gasteiger partial charge in [0.1, 0.15) is 5.75 Å². The first kappa shape index (κ1) is 11.1. The van der Waals surface area contributed by atoms with Gasteiger partial charge in [0.05, 0.1) is 19.8 Å². The molecule has 0 aliphatic carbocycles. The van der Waals surface area contributed by atoms with Gasteiger partial charge in [0.2, 0.25) is 0 Å². The number of hydrogen-bond acceptors (Lipinski definition) is 6. The standard InChI is InChI=1S/C5H10O6S2/c1-9-12(6)11-5-2-3-10-13(7,8)4-5/h5H,2-4H2,1H3. The van der Waals surface area contributed by atoms with Gasteiger partial charge >= 0.3 is 11.4 Å². The van der Waals surface area contributed by atoms with E-state index in [-0.39, 0.29) is 12.4 Å². The van der Waals surface area contributed by atoms with Crippen molar-refractivity contribution in [3.8, 4) is 0 Å². The molecule has 0 aromatic rings. The predicted octanol–water partition coefficient (Wildman–Crippen LogP) is -0.653. The highest BCUT2D eigenvalue weighted by Crippen LogP contribution is 2.13. The Bertz CT molecular complexity index is 283. The van der Waals surface area contributed by atoms with E-state index >= 15 is 0 Å². The molecule has 13 heavy (non-hydrogen) atoms. The van der Waals surface area contributed by atoms with Crippen LogP contribution in [0.15, 0.2) is 0 Å². The third kappa shape index (κ3) is 3.69. The van der Waals surface area contributed by atoms with Crippen LogP contribution < -0.4 is 0 Å². The summed E-state index contributed by atoms with van der Waals surface area (Å²) in [4.78, 5) is 0. The lowest BCUT2D eigenvalue weighted by Crippen LogP contribution is -2.33. The molecule has 0 radical (unpaired) electrons. The van der Waals surface area contributed by atoms with Crippen LogP contribution in [-0.4, -0.2) is 38.2 Å². The summed E-state index contributed by atoms with van der Waals surface area (Å²) in [6.07, 6.45) is -0.214. The highest BCUT2D eigenvalue weighted by molar-refractivity contribution is 7.86. The second-order valence-electron chi connectivity index (χ2n) is 2.42. The predicted molar refractivity (Wildman–Crippen MR) is 44.4 cm³/mol. The molecule has 1 fully saturated rings. The van der Waals surface area contributed by atoms with Crippen molar-refractivity contribution in [2.75, 3.05) is 19.5 Å². The molecule has 0 spiro atoms. The zero-order chi connectivity index (χ0) is 9.90. The van der Waals surface area contributed by atoms with Gasteiger partial charge in [-0.25, -0.2) is 0 Å². The lowest BCUT2D eigenvalue weighted by Gasteiger charge is -2.20. The summed E-state index contributed by atoms with van der Waals surface area (Å²) in [6, 6.07) is 0. The van der Waals surface area contributed by atoms with Crippen LogP contribution in [0.25, 0.3) is 0 Å². The van der Waals surface area contributed by atoms with Gasteiger partial charge in [-0.1, -0.05) is 0 Å². The van der Waals surface area contributed by atoms with E-state index in [1.807, 2.05) is 0 Å². The molecule has 0 saturated carbocycles. The van der Waals surface area contributed by atoms with E-state index in [2.05, 4.69) is 8.37 Å². The summed E-state index contributed by atoms with van der Waals surface area (Å²) in [5.74, 6) is -0.276. The Morgan fingerprint density at radius 2 is 2.23 bits per heavy atom. The lowest BCUT2D eigenvalue weighted by molar-refractivity contribution is 0.154. The van der Waals surface area contributed by atoms with E-state index in [0.29, 0.717) is 6.42 Å². The zero-order valence-electron chi connectivity index (χ0n) is 6.96. The minimum absolute atomic E-state index is 0.0634. The summed E-state index contributed by atoms with van der Waals surface area (Å²) < 4.78 is 46.1. The van der Waals surface area contributed by atoms with Crippen molar-refractivity contribution in [3.63, 3.8) is 0 Å². The normalized spacial score (nSPS) is 29.8. The fraction of sp³-hybridized carbons (Fsp3) is 1.00. The lowest BCUT2D eigenvalue weighted by atomic mass is 10.3. The molecule has 0 aromatic heterocycles. The van der Waals surface area contributed by atoms with Crippen molar-refractivity contribution in [1.82, 2.24) is 0 Å². The molecular weight excluding hydrogens is 220 g/mol. The first-order valence-electron chi connectivity index (χ1n) is 3.54. The molecule has 1 rings (SSSR count). The van der Waals surface area contributed by atoms with Crippen LogP contribution in [0.4, 0.5) is 0 Å². The van der Waals surface area contributed by atoms with Gasteiger partial charge in [0, 0.05) is 6.42 Å². The molecule has 0 aromatic carbocycles. The van der Waals surface area contributed by atoms with E-state index < -0.39 is 27.6 Å². The Morgan fingerprint density at radius 1 is 1.54 bits per heavy atom. The van der Waals surface area contributed by atoms with E-state index in [1.165, 1.54) is 7.11 Å². The Morgan fingerprint density at radius 3 is 2.77 bits per heavy atom. The van der Waals surface area contributed by atoms with Gasteiger partial charge < -0.3 is 0 Å². The average Bonchev–Trinajstić information content (AvgIpc) is 2.02. The summed E-state index contributed by atoms with van der Waals surface area (Å²) in [5.41, 5.74) is 0. The van der Waals surface area contributed by atoms with Crippen LogP contribution >= 0.6 is 0 Å². The van der Waals surface area contributed by atoms with Crippen LogP contribution in [0, 0.1) is 0 Å². The van der Waals surface area contributed by atoms with Crippen molar-refractivity contribution >= 4 is 21.5 Å². The first-order valence-corrected chi connectivity index (χ1v) is 6.12. The fourth-order valence-corrected chi connectivity index (χ4v) is 2.58. The SMILES string of the molecule is COS(=O)OC1CCOS(=O)(=O)C1. The highest BCUT2D eigenvalue weighted by Gasteiger charge is 2.27. The molecule has 0 amide bonds. The quantitative estimate of drug-likeness (QED) is 0.599. The minimum atomic E-state index is -3.50. The number of rotatable bonds is 3. The Kier molecular flexibility index (Phi) is 3.80. The van der Waals surface area contributed by atoms with Crippen molar-refractivity contribution in [2.24, 2.45) is 0 Å². The van der Waals surface area contributed by atoms with E-state index in [1.54, 1.807) is 0 Å². The molecule has 2 unspecified atom stereocenters. The molecule has 78 valence electrons. The van der Waals surface area contributed by atoms with Crippen LogP contribution in [-0.2, 0) is 34.0 Å². The van der Waals surface area contributed by atoms with Gasteiger partial charge in [-0.3, -0.25) is 12.5 Å². The second-order valence-corrected chi connectivity index (χ2v) is 5.04. The Labute approximate surface area is 79.2 Å². The summed E-state index contributed by atoms with van der Waals surface area (Å²) in [7, 11) is -2.29. The van der Waals surface area contributed by atoms with E-state index in [4.69, 9.17) is 4.18 Å². The van der Waals surface area contributed by atoms with Crippen molar-refractivity contribution in [3.05, 3.63) is 0 Å². The average molecular weight is 230 g/mol. The molecule has 6 nitrogen and oxygen atoms in total. The van der Waals surface area contributed by atoms with Gasteiger partial charge in [0.25, 0.3) is 10.1 Å². The summed E-state index contributed by atoms with van der Waals surface area (Å²) in [5, 5.41) is 0. The van der Waals surface area contributed by atoms with Crippen LogP contribution in [0.5, 0.6) is 0 Å². The molecule has 1 saturated heterocycles. The zero-order valence-corrected chi connectivity index (χ0v) is 8.60. The van der Waals surface area contributed by atoms with Crippen LogP contribution in [0.3, 0.4) is 0 Å². The van der Waals surface area contributed by atoms with Crippen LogP contribution in [0.1, 0.15) is 6.42 Å². The summed E-state index contributed by atoms with van der Waals surface area (Å²) >= 11 is -1.88. The van der Waals surface area contributed by atoms with Gasteiger partial charge in [-0.15, -0.1) is 0 Å². The van der Waals surface area contributed by atoms with E-state index in [9.17, 15) is 12.6 Å². The van der Waals surface area contributed by atoms with Crippen molar-refractivity contribution in [2.45, 2.75) is 12.5 Å². The Balaban J connectivity index is 2.48. The number of hydrogen-bond donors (Lipinski definition) is 0. The third-order valence-electron chi connectivity index (χ3n) is 1.44. The molecule has 2 atom stereocenters. The maximum Gasteiger partial charge on any atom is 0.304 e. The van der Waals surface area contributed by atoms with E-state index in [0.717, 1.165) is 0 Å². The fourth-order valence-electron chi connectivity index (χ4n) is 0.892. The molecule has 0 N–H and O–H groups in total. The minimum Gasteiger partial charge on any atom is -0.272 e. The molecule has 1 aliphatic rings. The second kappa shape index (κ2) is 4.47. The van der Waals surface area contributed by atoms with Gasteiger partial charge in [0.15, 0.2) is 0 Å². The largest absolute Gasteiger partial charge is 0.304 e. The molecule has 1 aliphatic heterocycles. The molecule has 0 bridgehead atoms. The topological polar surface area (TPSA) is 78.9 Å². The van der Waals surface area contributed by atoms with Crippen molar-refractivity contribution < 1.29 is 25.2 Å². The maximum atomic E-state index is 10.9.